The molecule has 0 saturated carbocycles. The van der Waals surface area contributed by atoms with Crippen molar-refractivity contribution in [1.29, 1.82) is 0 Å². The van der Waals surface area contributed by atoms with Gasteiger partial charge in [0.25, 0.3) is 11.8 Å². The quantitative estimate of drug-likeness (QED) is 0.175. The molecule has 0 radical (unpaired) electrons. The van der Waals surface area contributed by atoms with Gasteiger partial charge in [-0.25, -0.2) is 4.90 Å². The van der Waals surface area contributed by atoms with Crippen molar-refractivity contribution < 1.29 is 9.59 Å². The van der Waals surface area contributed by atoms with E-state index in [1.54, 1.807) is 6.07 Å². The van der Waals surface area contributed by atoms with Crippen LogP contribution in [0.5, 0.6) is 0 Å². The van der Waals surface area contributed by atoms with Gasteiger partial charge < -0.3 is 4.57 Å². The molecule has 2 amide bonds. The van der Waals surface area contributed by atoms with Gasteiger partial charge in [-0.15, -0.1) is 0 Å². The van der Waals surface area contributed by atoms with Crippen LogP contribution in [0.25, 0.3) is 60.9 Å². The maximum Gasteiger partial charge on any atom is 0.268 e. The molecule has 0 saturated heterocycles. The lowest BCUT2D eigenvalue weighted by Crippen LogP contribution is -2.29. The lowest BCUT2D eigenvalue weighted by Gasteiger charge is -2.17. The number of anilines is 1. The second-order valence-corrected chi connectivity index (χ2v) is 13.0. The van der Waals surface area contributed by atoms with E-state index >= 15 is 0 Å². The summed E-state index contributed by atoms with van der Waals surface area (Å²) in [6.07, 6.45) is 0. The van der Waals surface area contributed by atoms with Gasteiger partial charge in [0.1, 0.15) is 0 Å². The summed E-state index contributed by atoms with van der Waals surface area (Å²) >= 11 is 0. The zero-order valence-corrected chi connectivity index (χ0v) is 27.7. The van der Waals surface area contributed by atoms with Crippen LogP contribution in [0, 0.1) is 13.8 Å². The van der Waals surface area contributed by atoms with Gasteiger partial charge in [-0.2, -0.15) is 0 Å². The summed E-state index contributed by atoms with van der Waals surface area (Å²) in [6.45, 7) is 4.18. The molecule has 0 spiro atoms. The van der Waals surface area contributed by atoms with Gasteiger partial charge in [0.15, 0.2) is 0 Å². The first-order valence-corrected chi connectivity index (χ1v) is 16.9. The highest BCUT2D eigenvalue weighted by atomic mass is 16.2. The molecule has 0 aliphatic carbocycles. The molecule has 0 atom stereocenters. The third kappa shape index (κ3) is 4.61. The van der Waals surface area contributed by atoms with Crippen LogP contribution < -0.4 is 4.90 Å². The van der Waals surface area contributed by atoms with Crippen LogP contribution in [-0.2, 0) is 0 Å². The minimum Gasteiger partial charge on any atom is -0.307 e. The van der Waals surface area contributed by atoms with Crippen LogP contribution in [0.1, 0.15) is 31.8 Å². The molecular weight excluding hydrogens is 613 g/mol. The lowest BCUT2D eigenvalue weighted by molar-refractivity contribution is 0.0926. The predicted octanol–water partition coefficient (Wildman–Crippen LogP) is 11.2. The number of hydrogen-bond acceptors (Lipinski definition) is 2. The van der Waals surface area contributed by atoms with Crippen molar-refractivity contribution in [1.82, 2.24) is 4.57 Å². The summed E-state index contributed by atoms with van der Waals surface area (Å²) in [6, 6.07) is 53.2. The molecule has 0 N–H and O–H groups in total. The third-order valence-electron chi connectivity index (χ3n) is 9.88. The number of amides is 2. The number of aryl methyl sites for hydroxylation is 2. The molecule has 0 fully saturated rings. The summed E-state index contributed by atoms with van der Waals surface area (Å²) in [7, 11) is 0. The van der Waals surface area contributed by atoms with E-state index in [0.717, 1.165) is 55.2 Å². The van der Waals surface area contributed by atoms with Crippen molar-refractivity contribution in [2.45, 2.75) is 13.8 Å². The monoisotopic (exact) mass is 644 g/mol. The molecule has 238 valence electrons. The summed E-state index contributed by atoms with van der Waals surface area (Å²) in [4.78, 5) is 30.3. The Morgan fingerprint density at radius 2 is 0.940 bits per heavy atom. The van der Waals surface area contributed by atoms with E-state index in [1.165, 1.54) is 16.0 Å². The molecule has 0 unspecified atom stereocenters. The van der Waals surface area contributed by atoms with Crippen LogP contribution in [0.4, 0.5) is 5.69 Å². The molecule has 7 aromatic carbocycles. The second-order valence-electron chi connectivity index (χ2n) is 13.0. The molecule has 2 heterocycles. The Hall–Kier alpha value is -6.52. The number of nitrogens with zero attached hydrogens (tertiary/aromatic N) is 2. The second kappa shape index (κ2) is 11.6. The Morgan fingerprint density at radius 3 is 1.54 bits per heavy atom. The van der Waals surface area contributed by atoms with E-state index < -0.39 is 0 Å². The SMILES string of the molecule is Cc1ccc(-c2cccc3c4cccc(-c5ccc(C)cc5)c4n(-c4cccc5c4C(=O)N(c4cccc(-c6ccccc6)c4)C5=O)c23)cc1. The molecule has 1 aliphatic heterocycles. The van der Waals surface area contributed by atoms with Crippen molar-refractivity contribution in [3.63, 3.8) is 0 Å². The summed E-state index contributed by atoms with van der Waals surface area (Å²) in [5.41, 5.74) is 12.6. The smallest absolute Gasteiger partial charge is 0.268 e. The van der Waals surface area contributed by atoms with Gasteiger partial charge in [0.05, 0.1) is 33.5 Å². The highest BCUT2D eigenvalue weighted by molar-refractivity contribution is 6.36. The molecule has 0 bridgehead atoms. The van der Waals surface area contributed by atoms with E-state index in [1.807, 2.05) is 66.7 Å². The number of aromatic nitrogens is 1. The number of hydrogen-bond donors (Lipinski definition) is 0. The third-order valence-corrected chi connectivity index (χ3v) is 9.88. The predicted molar refractivity (Wildman–Crippen MR) is 204 cm³/mol. The first kappa shape index (κ1) is 29.6. The van der Waals surface area contributed by atoms with Crippen LogP contribution >= 0.6 is 0 Å². The first-order chi connectivity index (χ1) is 24.5. The fraction of sp³-hybridized carbons (Fsp3) is 0.0435. The summed E-state index contributed by atoms with van der Waals surface area (Å²) in [5, 5.41) is 2.16. The van der Waals surface area contributed by atoms with Gasteiger partial charge in [-0.1, -0.05) is 145 Å². The number of rotatable bonds is 5. The zero-order valence-electron chi connectivity index (χ0n) is 27.7. The number of benzene rings is 7. The Labute approximate surface area is 290 Å². The Morgan fingerprint density at radius 1 is 0.420 bits per heavy atom. The molecular formula is C46H32N2O2. The van der Waals surface area contributed by atoms with Crippen LogP contribution in [-0.4, -0.2) is 16.4 Å². The Bertz CT molecular complexity index is 2530. The summed E-state index contributed by atoms with van der Waals surface area (Å²) < 4.78 is 2.23. The minimum atomic E-state index is -0.332. The van der Waals surface area contributed by atoms with Crippen LogP contribution in [0.15, 0.2) is 158 Å². The maximum absolute atomic E-state index is 14.7. The summed E-state index contributed by atoms with van der Waals surface area (Å²) in [5.74, 6) is -0.656. The van der Waals surface area contributed by atoms with Crippen molar-refractivity contribution in [3.05, 3.63) is 180 Å². The van der Waals surface area contributed by atoms with Crippen molar-refractivity contribution >= 4 is 39.3 Å². The number of fused-ring (bicyclic) bond motifs is 4. The van der Waals surface area contributed by atoms with Gasteiger partial charge in [0, 0.05) is 21.9 Å². The molecule has 8 aromatic rings. The van der Waals surface area contributed by atoms with Gasteiger partial charge in [0.2, 0.25) is 0 Å². The molecule has 9 rings (SSSR count). The normalized spacial score (nSPS) is 12.6. The Balaban J connectivity index is 1.33. The van der Waals surface area contributed by atoms with Crippen LogP contribution in [0.2, 0.25) is 0 Å². The number of carbonyl (C=O) groups is 2. The topological polar surface area (TPSA) is 42.3 Å². The van der Waals surface area contributed by atoms with Gasteiger partial charge in [-0.05, 0) is 60.4 Å². The first-order valence-electron chi connectivity index (χ1n) is 16.9. The standard InChI is InChI=1S/C46H32N2O2/c1-29-20-24-32(25-21-29)36-14-7-16-38-39-17-8-15-37(33-26-22-30(2)23-27-33)44(39)48(43(36)38)41-19-9-18-40-42(41)46(50)47(45(40)49)35-13-6-12-34(28-35)31-10-4-3-5-11-31/h3-28H,1-2H3. The average molecular weight is 645 g/mol. The van der Waals surface area contributed by atoms with E-state index in [9.17, 15) is 9.59 Å². The molecule has 4 nitrogen and oxygen atoms in total. The largest absolute Gasteiger partial charge is 0.307 e. The van der Waals surface area contributed by atoms with Gasteiger partial charge in [-0.3, -0.25) is 9.59 Å². The number of para-hydroxylation sites is 2. The van der Waals surface area contributed by atoms with E-state index in [2.05, 4.69) is 103 Å². The van der Waals surface area contributed by atoms with Crippen LogP contribution in [0.3, 0.4) is 0 Å². The fourth-order valence-corrected chi connectivity index (χ4v) is 7.43. The number of carbonyl (C=O) groups excluding carboxylic acids is 2. The molecule has 4 heteroatoms. The van der Waals surface area contributed by atoms with E-state index in [-0.39, 0.29) is 11.8 Å². The number of imide groups is 1. The van der Waals surface area contributed by atoms with Crippen molar-refractivity contribution in [2.75, 3.05) is 4.90 Å². The maximum atomic E-state index is 14.7. The van der Waals surface area contributed by atoms with E-state index in [4.69, 9.17) is 0 Å². The van der Waals surface area contributed by atoms with Crippen molar-refractivity contribution in [3.8, 4) is 39.1 Å². The highest BCUT2D eigenvalue weighted by Gasteiger charge is 2.39. The fourth-order valence-electron chi connectivity index (χ4n) is 7.43. The Kier molecular flexibility index (Phi) is 6.85. The zero-order chi connectivity index (χ0) is 33.9. The molecule has 50 heavy (non-hydrogen) atoms. The average Bonchev–Trinajstić information content (AvgIpc) is 3.63. The van der Waals surface area contributed by atoms with E-state index in [0.29, 0.717) is 22.5 Å². The molecule has 1 aliphatic rings. The van der Waals surface area contributed by atoms with Gasteiger partial charge >= 0.3 is 0 Å². The van der Waals surface area contributed by atoms with Crippen molar-refractivity contribution in [2.24, 2.45) is 0 Å². The minimum absolute atomic E-state index is 0.324. The highest BCUT2D eigenvalue weighted by Crippen LogP contribution is 2.44. The lowest BCUT2D eigenvalue weighted by atomic mass is 9.99. The molecule has 1 aromatic heterocycles.